The van der Waals surface area contributed by atoms with Crippen molar-refractivity contribution < 1.29 is 14.3 Å². The number of anilines is 1. The Hall–Kier alpha value is -2.35. The summed E-state index contributed by atoms with van der Waals surface area (Å²) in [5, 5.41) is 12.4. The zero-order valence-electron chi connectivity index (χ0n) is 18.7. The van der Waals surface area contributed by atoms with Crippen LogP contribution in [0.15, 0.2) is 63.0 Å². The summed E-state index contributed by atoms with van der Waals surface area (Å²) < 4.78 is 13.9. The van der Waals surface area contributed by atoms with Gasteiger partial charge in [0.05, 0.1) is 16.4 Å². The molecule has 0 saturated carbocycles. The molecule has 8 heteroatoms. The molecule has 5 nitrogen and oxygen atoms in total. The van der Waals surface area contributed by atoms with Crippen LogP contribution in [0.5, 0.6) is 11.5 Å². The van der Waals surface area contributed by atoms with Crippen molar-refractivity contribution in [2.24, 2.45) is 0 Å². The van der Waals surface area contributed by atoms with Crippen LogP contribution in [0.25, 0.3) is 6.08 Å². The molecule has 0 unspecified atom stereocenters. The van der Waals surface area contributed by atoms with Crippen molar-refractivity contribution in [3.05, 3.63) is 88.9 Å². The summed E-state index contributed by atoms with van der Waals surface area (Å²) >= 11 is 9.08. The number of nitrogens with one attached hydrogen (secondary N) is 1. The monoisotopic (exact) mass is 694 g/mol. The Kier molecular flexibility index (Phi) is 9.17. The number of halogens is 3. The molecule has 0 bridgehead atoms. The van der Waals surface area contributed by atoms with Gasteiger partial charge in [-0.25, -0.2) is 0 Å². The molecule has 174 valence electrons. The van der Waals surface area contributed by atoms with Crippen molar-refractivity contribution in [2.75, 3.05) is 12.4 Å². The predicted octanol–water partition coefficient (Wildman–Crippen LogP) is 7.57. The molecular formula is C26H21Br2IN2O3. The highest BCUT2D eigenvalue weighted by molar-refractivity contribution is 14.1. The Morgan fingerprint density at radius 3 is 2.44 bits per heavy atom. The summed E-state index contributed by atoms with van der Waals surface area (Å²) in [4.78, 5) is 12.8. The van der Waals surface area contributed by atoms with E-state index in [9.17, 15) is 10.1 Å². The molecule has 0 aliphatic rings. The second kappa shape index (κ2) is 11.9. The van der Waals surface area contributed by atoms with Gasteiger partial charge in [0.2, 0.25) is 0 Å². The maximum absolute atomic E-state index is 12.8. The lowest BCUT2D eigenvalue weighted by Crippen LogP contribution is -2.14. The van der Waals surface area contributed by atoms with Gasteiger partial charge < -0.3 is 14.8 Å². The molecule has 0 atom stereocenters. The van der Waals surface area contributed by atoms with Crippen molar-refractivity contribution in [1.82, 2.24) is 0 Å². The van der Waals surface area contributed by atoms with E-state index in [2.05, 4.69) is 59.8 Å². The number of nitriles is 1. The van der Waals surface area contributed by atoms with Crippen LogP contribution in [0.2, 0.25) is 0 Å². The largest absolute Gasteiger partial charge is 0.493 e. The van der Waals surface area contributed by atoms with Crippen LogP contribution in [0.4, 0.5) is 5.69 Å². The van der Waals surface area contributed by atoms with Gasteiger partial charge >= 0.3 is 0 Å². The van der Waals surface area contributed by atoms with Gasteiger partial charge in [-0.3, -0.25) is 4.79 Å². The Morgan fingerprint density at radius 1 is 1.15 bits per heavy atom. The number of carbonyl (C=O) groups is 1. The fourth-order valence-corrected chi connectivity index (χ4v) is 5.60. The van der Waals surface area contributed by atoms with Crippen LogP contribution in [-0.4, -0.2) is 13.0 Å². The van der Waals surface area contributed by atoms with Gasteiger partial charge in [-0.15, -0.1) is 0 Å². The lowest BCUT2D eigenvalue weighted by Gasteiger charge is -2.15. The molecule has 0 fully saturated rings. The molecule has 0 aromatic heterocycles. The number of aryl methyl sites for hydroxylation is 2. The predicted molar refractivity (Wildman–Crippen MR) is 150 cm³/mol. The molecule has 1 amide bonds. The maximum atomic E-state index is 12.8. The third kappa shape index (κ3) is 6.40. The van der Waals surface area contributed by atoms with Crippen molar-refractivity contribution in [3.8, 4) is 17.6 Å². The summed E-state index contributed by atoms with van der Waals surface area (Å²) in [6, 6.07) is 17.4. The zero-order valence-corrected chi connectivity index (χ0v) is 24.0. The molecule has 0 heterocycles. The SMILES string of the molecule is COc1cc(/C=C(\C#N)C(=O)Nc2c(Br)cc(C)cc2Br)cc(I)c1OCc1ccccc1C. The van der Waals surface area contributed by atoms with Crippen LogP contribution >= 0.6 is 54.5 Å². The van der Waals surface area contributed by atoms with E-state index in [0.717, 1.165) is 29.2 Å². The smallest absolute Gasteiger partial charge is 0.266 e. The molecule has 1 N–H and O–H groups in total. The molecule has 3 aromatic rings. The third-order valence-electron chi connectivity index (χ3n) is 4.99. The molecule has 0 saturated heterocycles. The molecule has 3 rings (SSSR count). The van der Waals surface area contributed by atoms with Crippen LogP contribution < -0.4 is 14.8 Å². The number of ether oxygens (including phenoxy) is 2. The first-order chi connectivity index (χ1) is 16.2. The summed E-state index contributed by atoms with van der Waals surface area (Å²) in [7, 11) is 1.56. The van der Waals surface area contributed by atoms with Crippen molar-refractivity contribution in [3.63, 3.8) is 0 Å². The van der Waals surface area contributed by atoms with Crippen LogP contribution in [-0.2, 0) is 11.4 Å². The van der Waals surface area contributed by atoms with E-state index < -0.39 is 5.91 Å². The first-order valence-corrected chi connectivity index (χ1v) is 12.8. The highest BCUT2D eigenvalue weighted by Crippen LogP contribution is 2.36. The second-order valence-corrected chi connectivity index (χ2v) is 10.3. The molecule has 0 aliphatic heterocycles. The molecule has 0 aliphatic carbocycles. The lowest BCUT2D eigenvalue weighted by molar-refractivity contribution is -0.112. The third-order valence-corrected chi connectivity index (χ3v) is 7.04. The lowest BCUT2D eigenvalue weighted by atomic mass is 10.1. The van der Waals surface area contributed by atoms with E-state index in [1.807, 2.05) is 62.4 Å². The number of nitrogens with zero attached hydrogens (tertiary/aromatic N) is 1. The fourth-order valence-electron chi connectivity index (χ4n) is 3.20. The van der Waals surface area contributed by atoms with Crippen molar-refractivity contribution >= 4 is 72.1 Å². The van der Waals surface area contributed by atoms with Gasteiger partial charge in [-0.1, -0.05) is 24.3 Å². The van der Waals surface area contributed by atoms with E-state index in [1.165, 1.54) is 6.08 Å². The topological polar surface area (TPSA) is 71.3 Å². The summed E-state index contributed by atoms with van der Waals surface area (Å²) in [5.41, 5.74) is 4.43. The number of rotatable bonds is 7. The average Bonchev–Trinajstić information content (AvgIpc) is 2.79. The minimum absolute atomic E-state index is 0.0363. The van der Waals surface area contributed by atoms with Crippen molar-refractivity contribution in [2.45, 2.75) is 20.5 Å². The van der Waals surface area contributed by atoms with Crippen LogP contribution in [0.3, 0.4) is 0 Å². The normalized spacial score (nSPS) is 11.0. The van der Waals surface area contributed by atoms with Crippen LogP contribution in [0, 0.1) is 28.7 Å². The molecule has 0 radical (unpaired) electrons. The van der Waals surface area contributed by atoms with E-state index >= 15 is 0 Å². The highest BCUT2D eigenvalue weighted by Gasteiger charge is 2.16. The first-order valence-electron chi connectivity index (χ1n) is 10.2. The number of benzene rings is 3. The number of carbonyl (C=O) groups excluding carboxylic acids is 1. The summed E-state index contributed by atoms with van der Waals surface area (Å²) in [6.45, 7) is 4.39. The standard InChI is InChI=1S/C26H21Br2IN2O3/c1-15-8-20(27)24(21(28)9-15)31-26(32)19(13-30)10-17-11-22(29)25(23(12-17)33-3)34-14-18-7-5-4-6-16(18)2/h4-12H,14H2,1-3H3,(H,31,32)/b19-10+. The Balaban J connectivity index is 1.86. The van der Waals surface area contributed by atoms with Gasteiger partial charge in [0.25, 0.3) is 5.91 Å². The van der Waals surface area contributed by atoms with Crippen molar-refractivity contribution in [1.29, 1.82) is 5.26 Å². The molecule has 3 aromatic carbocycles. The molecular weight excluding hydrogens is 675 g/mol. The number of hydrogen-bond donors (Lipinski definition) is 1. The number of amides is 1. The molecule has 0 spiro atoms. The van der Waals surface area contributed by atoms with Gasteiger partial charge in [0, 0.05) is 8.95 Å². The Bertz CT molecular complexity index is 1290. The van der Waals surface area contributed by atoms with Gasteiger partial charge in [-0.05, 0) is 121 Å². The Morgan fingerprint density at radius 2 is 1.82 bits per heavy atom. The fraction of sp³-hybridized carbons (Fsp3) is 0.154. The summed E-state index contributed by atoms with van der Waals surface area (Å²) in [5.74, 6) is 0.619. The minimum atomic E-state index is -0.512. The van der Waals surface area contributed by atoms with Gasteiger partial charge in [0.15, 0.2) is 11.5 Å². The zero-order chi connectivity index (χ0) is 24.8. The molecule has 34 heavy (non-hydrogen) atoms. The second-order valence-electron chi connectivity index (χ2n) is 7.48. The van der Waals surface area contributed by atoms with E-state index in [0.29, 0.717) is 29.4 Å². The summed E-state index contributed by atoms with van der Waals surface area (Å²) in [6.07, 6.45) is 1.53. The highest BCUT2D eigenvalue weighted by atomic mass is 127. The van der Waals surface area contributed by atoms with E-state index in [1.54, 1.807) is 13.2 Å². The first kappa shape index (κ1) is 26.3. The maximum Gasteiger partial charge on any atom is 0.266 e. The van der Waals surface area contributed by atoms with Gasteiger partial charge in [-0.2, -0.15) is 5.26 Å². The van der Waals surface area contributed by atoms with E-state index in [-0.39, 0.29) is 5.57 Å². The van der Waals surface area contributed by atoms with E-state index in [4.69, 9.17) is 9.47 Å². The Labute approximate surface area is 229 Å². The van der Waals surface area contributed by atoms with Gasteiger partial charge in [0.1, 0.15) is 18.2 Å². The number of methoxy groups -OCH3 is 1. The average molecular weight is 696 g/mol. The van der Waals surface area contributed by atoms with Crippen LogP contribution in [0.1, 0.15) is 22.3 Å². The number of hydrogen-bond acceptors (Lipinski definition) is 4. The quantitative estimate of drug-likeness (QED) is 0.157. The minimum Gasteiger partial charge on any atom is -0.493 e.